The van der Waals surface area contributed by atoms with Crippen molar-refractivity contribution >= 4 is 29.2 Å². The molecule has 1 amide bonds. The maximum atomic E-state index is 12.5. The normalized spacial score (nSPS) is 10.7. The fourth-order valence-corrected chi connectivity index (χ4v) is 2.39. The maximum absolute atomic E-state index is 12.5. The van der Waals surface area contributed by atoms with Crippen molar-refractivity contribution in [1.82, 2.24) is 0 Å². The van der Waals surface area contributed by atoms with Gasteiger partial charge in [0.25, 0.3) is 11.6 Å². The molecule has 0 aliphatic heterocycles. The van der Waals surface area contributed by atoms with E-state index in [1.54, 1.807) is 48.5 Å². The number of nitrogens with one attached hydrogen (secondary N) is 1. The Bertz CT molecular complexity index is 1020. The lowest BCUT2D eigenvalue weighted by molar-refractivity contribution is -0.385. The zero-order valence-corrected chi connectivity index (χ0v) is 14.0. The number of rotatable bonds is 5. The van der Waals surface area contributed by atoms with Crippen molar-refractivity contribution in [1.29, 1.82) is 0 Å². The summed E-state index contributed by atoms with van der Waals surface area (Å²) in [5, 5.41) is 25.5. The van der Waals surface area contributed by atoms with Crippen molar-refractivity contribution in [2.75, 3.05) is 5.32 Å². The molecule has 0 bridgehead atoms. The molecule has 1 N–H and O–H groups in total. The summed E-state index contributed by atoms with van der Waals surface area (Å²) < 4.78 is 0. The standard InChI is InChI=1S/C20H15N3O4/c24-19-11-10-16(23(26)27)12-14(19)13-21-18-9-5-4-8-17(18)20(25)22-15-6-2-1-3-7-15/h1-13,24H,(H,22,25)/p-1. The number of anilines is 1. The van der Waals surface area contributed by atoms with Crippen LogP contribution in [-0.4, -0.2) is 17.0 Å². The minimum absolute atomic E-state index is 0.0717. The van der Waals surface area contributed by atoms with Crippen LogP contribution in [0.25, 0.3) is 0 Å². The molecule has 0 fully saturated rings. The molecule has 3 aromatic rings. The number of aliphatic imine (C=N–C) groups is 1. The van der Waals surface area contributed by atoms with E-state index in [2.05, 4.69) is 10.3 Å². The molecule has 0 aliphatic rings. The van der Waals surface area contributed by atoms with Crippen molar-refractivity contribution in [3.8, 4) is 5.75 Å². The van der Waals surface area contributed by atoms with Gasteiger partial charge in [-0.3, -0.25) is 19.9 Å². The van der Waals surface area contributed by atoms with E-state index in [1.807, 2.05) is 6.07 Å². The van der Waals surface area contributed by atoms with Crippen LogP contribution in [0.2, 0.25) is 0 Å². The average molecular weight is 360 g/mol. The molecule has 27 heavy (non-hydrogen) atoms. The first-order chi connectivity index (χ1) is 13.0. The Labute approximate surface area is 154 Å². The smallest absolute Gasteiger partial charge is 0.270 e. The predicted molar refractivity (Wildman–Crippen MR) is 101 cm³/mol. The van der Waals surface area contributed by atoms with Gasteiger partial charge >= 0.3 is 0 Å². The monoisotopic (exact) mass is 360 g/mol. The number of para-hydroxylation sites is 2. The van der Waals surface area contributed by atoms with Gasteiger partial charge in [0, 0.05) is 24.0 Å². The van der Waals surface area contributed by atoms with Crippen LogP contribution in [0.4, 0.5) is 17.1 Å². The molecule has 0 unspecified atom stereocenters. The fourth-order valence-electron chi connectivity index (χ4n) is 2.39. The second-order valence-corrected chi connectivity index (χ2v) is 5.57. The van der Waals surface area contributed by atoms with E-state index in [-0.39, 0.29) is 17.2 Å². The molecule has 0 spiro atoms. The molecule has 7 nitrogen and oxygen atoms in total. The zero-order valence-electron chi connectivity index (χ0n) is 14.0. The van der Waals surface area contributed by atoms with E-state index < -0.39 is 10.7 Å². The van der Waals surface area contributed by atoms with Crippen LogP contribution in [0.15, 0.2) is 77.8 Å². The minimum Gasteiger partial charge on any atom is -0.872 e. The van der Waals surface area contributed by atoms with E-state index >= 15 is 0 Å². The Morgan fingerprint density at radius 2 is 1.70 bits per heavy atom. The van der Waals surface area contributed by atoms with Gasteiger partial charge in [-0.15, -0.1) is 0 Å². The van der Waals surface area contributed by atoms with Gasteiger partial charge in [0.1, 0.15) is 0 Å². The lowest BCUT2D eigenvalue weighted by atomic mass is 10.1. The van der Waals surface area contributed by atoms with Gasteiger partial charge in [-0.2, -0.15) is 0 Å². The summed E-state index contributed by atoms with van der Waals surface area (Å²) in [4.78, 5) is 27.0. The lowest BCUT2D eigenvalue weighted by Crippen LogP contribution is -2.11. The van der Waals surface area contributed by atoms with Crippen molar-refractivity contribution in [2.45, 2.75) is 0 Å². The third-order valence-electron chi connectivity index (χ3n) is 3.73. The third kappa shape index (κ3) is 4.35. The summed E-state index contributed by atoms with van der Waals surface area (Å²) in [7, 11) is 0. The van der Waals surface area contributed by atoms with Crippen LogP contribution in [0.3, 0.4) is 0 Å². The quantitative estimate of drug-likeness (QED) is 0.425. The summed E-state index contributed by atoms with van der Waals surface area (Å²) >= 11 is 0. The first kappa shape index (κ1) is 17.8. The molecule has 0 atom stereocenters. The molecule has 134 valence electrons. The SMILES string of the molecule is O=C(Nc1ccccc1)c1ccccc1N=Cc1cc([N+](=O)[O-])ccc1[O-]. The molecule has 0 heterocycles. The number of carbonyl (C=O) groups is 1. The summed E-state index contributed by atoms with van der Waals surface area (Å²) in [6, 6.07) is 19.0. The fraction of sp³-hybridized carbons (Fsp3) is 0. The molecule has 0 aromatic heterocycles. The number of hydrogen-bond donors (Lipinski definition) is 1. The van der Waals surface area contributed by atoms with Gasteiger partial charge in [0.15, 0.2) is 0 Å². The highest BCUT2D eigenvalue weighted by Crippen LogP contribution is 2.23. The molecular formula is C20H14N3O4-. The van der Waals surface area contributed by atoms with Crippen LogP contribution in [0.1, 0.15) is 15.9 Å². The maximum Gasteiger partial charge on any atom is 0.270 e. The number of non-ortho nitro benzene ring substituents is 1. The second-order valence-electron chi connectivity index (χ2n) is 5.57. The molecule has 0 saturated heterocycles. The topological polar surface area (TPSA) is 108 Å². The number of nitro groups is 1. The van der Waals surface area contributed by atoms with Crippen LogP contribution < -0.4 is 10.4 Å². The van der Waals surface area contributed by atoms with Gasteiger partial charge in [-0.25, -0.2) is 0 Å². The zero-order chi connectivity index (χ0) is 19.2. The number of carbonyl (C=O) groups excluding carboxylic acids is 1. The Balaban J connectivity index is 1.88. The van der Waals surface area contributed by atoms with Crippen LogP contribution >= 0.6 is 0 Å². The van der Waals surface area contributed by atoms with Crippen molar-refractivity contribution in [3.63, 3.8) is 0 Å². The highest BCUT2D eigenvalue weighted by atomic mass is 16.6. The van der Waals surface area contributed by atoms with Gasteiger partial charge in [-0.05, 0) is 29.8 Å². The van der Waals surface area contributed by atoms with E-state index in [9.17, 15) is 20.0 Å². The second kappa shape index (κ2) is 7.92. The third-order valence-corrected chi connectivity index (χ3v) is 3.73. The first-order valence-corrected chi connectivity index (χ1v) is 7.99. The Morgan fingerprint density at radius 1 is 1.00 bits per heavy atom. The Morgan fingerprint density at radius 3 is 2.44 bits per heavy atom. The van der Waals surface area contributed by atoms with Crippen molar-refractivity contribution < 1.29 is 14.8 Å². The molecular weight excluding hydrogens is 346 g/mol. The molecule has 3 aromatic carbocycles. The number of amides is 1. The number of nitro benzene ring substituents is 1. The first-order valence-electron chi connectivity index (χ1n) is 7.99. The van der Waals surface area contributed by atoms with Gasteiger partial charge < -0.3 is 10.4 Å². The highest BCUT2D eigenvalue weighted by Gasteiger charge is 2.11. The summed E-state index contributed by atoms with van der Waals surface area (Å²) in [6.45, 7) is 0. The van der Waals surface area contributed by atoms with E-state index in [4.69, 9.17) is 0 Å². The number of nitrogens with zero attached hydrogens (tertiary/aromatic N) is 2. The van der Waals surface area contributed by atoms with Crippen molar-refractivity contribution in [3.05, 3.63) is 94.0 Å². The van der Waals surface area contributed by atoms with E-state index in [0.29, 0.717) is 16.9 Å². The minimum atomic E-state index is -0.585. The molecule has 0 aliphatic carbocycles. The lowest BCUT2D eigenvalue weighted by Gasteiger charge is -2.10. The Kier molecular flexibility index (Phi) is 5.22. The van der Waals surface area contributed by atoms with Gasteiger partial charge in [-0.1, -0.05) is 42.1 Å². The largest absolute Gasteiger partial charge is 0.872 e. The summed E-state index contributed by atoms with van der Waals surface area (Å²) in [6.07, 6.45) is 1.23. The summed E-state index contributed by atoms with van der Waals surface area (Å²) in [5.74, 6) is -0.745. The summed E-state index contributed by atoms with van der Waals surface area (Å²) in [5.41, 5.74) is 1.17. The molecule has 0 radical (unpaired) electrons. The predicted octanol–water partition coefficient (Wildman–Crippen LogP) is 3.67. The highest BCUT2D eigenvalue weighted by molar-refractivity contribution is 6.08. The number of hydrogen-bond acceptors (Lipinski definition) is 5. The average Bonchev–Trinajstić information content (AvgIpc) is 2.68. The Hall–Kier alpha value is -4.00. The molecule has 7 heteroatoms. The van der Waals surface area contributed by atoms with Crippen LogP contribution in [-0.2, 0) is 0 Å². The van der Waals surface area contributed by atoms with E-state index in [0.717, 1.165) is 18.2 Å². The molecule has 3 rings (SSSR count). The van der Waals surface area contributed by atoms with Crippen molar-refractivity contribution in [2.24, 2.45) is 4.99 Å². The van der Waals surface area contributed by atoms with E-state index in [1.165, 1.54) is 6.21 Å². The van der Waals surface area contributed by atoms with Gasteiger partial charge in [0.05, 0.1) is 16.2 Å². The van der Waals surface area contributed by atoms with Crippen LogP contribution in [0.5, 0.6) is 5.75 Å². The van der Waals surface area contributed by atoms with Crippen LogP contribution in [0, 0.1) is 10.1 Å². The van der Waals surface area contributed by atoms with Gasteiger partial charge in [0.2, 0.25) is 0 Å². The number of benzene rings is 3. The molecule has 0 saturated carbocycles.